The summed E-state index contributed by atoms with van der Waals surface area (Å²) in [6.07, 6.45) is -15.6. The van der Waals surface area contributed by atoms with E-state index in [2.05, 4.69) is 0 Å². The van der Waals surface area contributed by atoms with Crippen molar-refractivity contribution >= 4 is 6.09 Å². The maximum atomic E-state index is 13.5. The van der Waals surface area contributed by atoms with Crippen molar-refractivity contribution in [3.63, 3.8) is 0 Å². The van der Waals surface area contributed by atoms with Crippen LogP contribution in [0, 0.1) is 5.92 Å². The Bertz CT molecular complexity index is 1190. The van der Waals surface area contributed by atoms with Gasteiger partial charge in [0.25, 0.3) is 0 Å². The number of nitrogens with zero attached hydrogens (tertiary/aromatic N) is 1. The van der Waals surface area contributed by atoms with Gasteiger partial charge in [0, 0.05) is 13.7 Å². The number of rotatable bonds is 6. The molecule has 1 amide bonds. The fraction of sp³-hybridized carbons (Fsp3) is 0.500. The molecule has 1 aliphatic carbocycles. The molecule has 1 heterocycles. The molecule has 2 aliphatic rings. The summed E-state index contributed by atoms with van der Waals surface area (Å²) in [7, 11) is 1.42. The number of alkyl halides is 9. The fourth-order valence-electron chi connectivity index (χ4n) is 5.00. The van der Waals surface area contributed by atoms with Crippen LogP contribution < -0.4 is 0 Å². The van der Waals surface area contributed by atoms with E-state index in [0.717, 1.165) is 36.3 Å². The van der Waals surface area contributed by atoms with E-state index in [1.165, 1.54) is 20.1 Å². The first-order valence-electron chi connectivity index (χ1n) is 12.0. The van der Waals surface area contributed by atoms with E-state index in [9.17, 15) is 44.3 Å². The molecule has 0 aromatic heterocycles. The third-order valence-electron chi connectivity index (χ3n) is 7.28. The minimum Gasteiger partial charge on any atom is -0.439 e. The van der Waals surface area contributed by atoms with Gasteiger partial charge in [0.1, 0.15) is 6.10 Å². The van der Waals surface area contributed by atoms with E-state index >= 15 is 0 Å². The molecule has 2 aromatic carbocycles. The van der Waals surface area contributed by atoms with Gasteiger partial charge in [-0.1, -0.05) is 12.5 Å². The van der Waals surface area contributed by atoms with Crippen LogP contribution in [0.25, 0.3) is 0 Å². The van der Waals surface area contributed by atoms with Crippen LogP contribution in [-0.2, 0) is 34.5 Å². The summed E-state index contributed by atoms with van der Waals surface area (Å²) in [5, 5.41) is 0. The Morgan fingerprint density at radius 1 is 0.897 bits per heavy atom. The van der Waals surface area contributed by atoms with Crippen molar-refractivity contribution in [1.29, 1.82) is 0 Å². The van der Waals surface area contributed by atoms with Crippen LogP contribution in [0.1, 0.15) is 71.8 Å². The highest BCUT2D eigenvalue weighted by Gasteiger charge is 2.44. The molecule has 214 valence electrons. The summed E-state index contributed by atoms with van der Waals surface area (Å²) in [5.41, 5.74) is -4.15. The van der Waals surface area contributed by atoms with Crippen molar-refractivity contribution in [2.24, 2.45) is 5.92 Å². The van der Waals surface area contributed by atoms with Crippen LogP contribution in [-0.4, -0.2) is 24.1 Å². The second kappa shape index (κ2) is 10.2. The third-order valence-corrected chi connectivity index (χ3v) is 7.28. The largest absolute Gasteiger partial charge is 0.439 e. The van der Waals surface area contributed by atoms with Crippen LogP contribution >= 0.6 is 0 Å². The molecule has 4 rings (SSSR count). The molecule has 13 heteroatoms. The number of benzene rings is 2. The van der Waals surface area contributed by atoms with Crippen molar-refractivity contribution in [2.75, 3.05) is 7.11 Å². The number of cyclic esters (lactones) is 1. The van der Waals surface area contributed by atoms with Gasteiger partial charge in [0.05, 0.1) is 28.8 Å². The molecule has 0 bridgehead atoms. The van der Waals surface area contributed by atoms with Gasteiger partial charge in [0.2, 0.25) is 0 Å². The van der Waals surface area contributed by atoms with Crippen LogP contribution in [0.2, 0.25) is 0 Å². The molecule has 1 saturated carbocycles. The molecule has 1 unspecified atom stereocenters. The Morgan fingerprint density at radius 3 is 1.92 bits per heavy atom. The summed E-state index contributed by atoms with van der Waals surface area (Å²) in [4.78, 5) is 13.8. The molecule has 2 aromatic rings. The fourth-order valence-corrected chi connectivity index (χ4v) is 5.00. The lowest BCUT2D eigenvalue weighted by Gasteiger charge is -2.35. The normalized spacial score (nSPS) is 21.6. The van der Waals surface area contributed by atoms with Crippen molar-refractivity contribution in [1.82, 2.24) is 4.90 Å². The van der Waals surface area contributed by atoms with Crippen LogP contribution in [0.15, 0.2) is 36.4 Å². The molecule has 0 radical (unpaired) electrons. The predicted octanol–water partition coefficient (Wildman–Crippen LogP) is 8.31. The lowest BCUT2D eigenvalue weighted by Crippen LogP contribution is -2.33. The standard InChI is InChI=1S/C26H24F9NO3/c1-13-21(15-8-18(25(30,31)32)11-19(9-15)26(33,34)35)39-23(37)36(13)12-16-10-17(24(27,28)29)6-7-20(16)22(38-2)14-4-3-5-14/h6-11,13-14,21-22H,3-5,12H2,1-2H3/t13-,21-,22?/m0/s1. The van der Waals surface area contributed by atoms with E-state index in [1.807, 2.05) is 0 Å². The minimum absolute atomic E-state index is 0.0387. The van der Waals surface area contributed by atoms with Crippen LogP contribution in [0.4, 0.5) is 44.3 Å². The van der Waals surface area contributed by atoms with E-state index in [-0.39, 0.29) is 17.5 Å². The topological polar surface area (TPSA) is 38.8 Å². The average molecular weight is 569 g/mol. The second-order valence-electron chi connectivity index (χ2n) is 9.77. The lowest BCUT2D eigenvalue weighted by molar-refractivity contribution is -0.143. The summed E-state index contributed by atoms with van der Waals surface area (Å²) in [6.45, 7) is 0.920. The van der Waals surface area contributed by atoms with Gasteiger partial charge < -0.3 is 9.47 Å². The average Bonchev–Trinajstić information content (AvgIpc) is 3.07. The summed E-state index contributed by atoms with van der Waals surface area (Å²) < 4.78 is 131. The first-order chi connectivity index (χ1) is 18.0. The lowest BCUT2D eigenvalue weighted by atomic mass is 9.77. The summed E-state index contributed by atoms with van der Waals surface area (Å²) in [5.74, 6) is 0.0482. The quantitative estimate of drug-likeness (QED) is 0.329. The smallest absolute Gasteiger partial charge is 0.416 e. The van der Waals surface area contributed by atoms with Crippen molar-refractivity contribution in [2.45, 2.75) is 69.5 Å². The number of ether oxygens (including phenoxy) is 2. The van der Waals surface area contributed by atoms with Gasteiger partial charge >= 0.3 is 24.6 Å². The van der Waals surface area contributed by atoms with E-state index < -0.39 is 71.7 Å². The Labute approximate surface area is 217 Å². The van der Waals surface area contributed by atoms with Crippen molar-refractivity contribution < 1.29 is 53.8 Å². The van der Waals surface area contributed by atoms with Gasteiger partial charge in [0.15, 0.2) is 0 Å². The van der Waals surface area contributed by atoms with Crippen LogP contribution in [0.3, 0.4) is 0 Å². The molecular weight excluding hydrogens is 545 g/mol. The van der Waals surface area contributed by atoms with Gasteiger partial charge in [-0.3, -0.25) is 4.90 Å². The highest BCUT2D eigenvalue weighted by molar-refractivity contribution is 5.71. The Balaban J connectivity index is 1.71. The molecule has 0 N–H and O–H groups in total. The van der Waals surface area contributed by atoms with Crippen LogP contribution in [0.5, 0.6) is 0 Å². The molecule has 39 heavy (non-hydrogen) atoms. The number of halogens is 9. The molecule has 2 fully saturated rings. The molecule has 1 aliphatic heterocycles. The Kier molecular flexibility index (Phi) is 7.61. The molecule has 1 saturated heterocycles. The summed E-state index contributed by atoms with van der Waals surface area (Å²) >= 11 is 0. The van der Waals surface area contributed by atoms with Crippen molar-refractivity contribution in [3.8, 4) is 0 Å². The molecule has 4 nitrogen and oxygen atoms in total. The van der Waals surface area contributed by atoms with Crippen molar-refractivity contribution in [3.05, 3.63) is 69.8 Å². The number of methoxy groups -OCH3 is 1. The maximum Gasteiger partial charge on any atom is 0.416 e. The zero-order valence-electron chi connectivity index (χ0n) is 20.7. The molecule has 3 atom stereocenters. The number of amides is 1. The zero-order chi connectivity index (χ0) is 28.9. The van der Waals surface area contributed by atoms with Gasteiger partial charge in [-0.15, -0.1) is 0 Å². The number of carbonyl (C=O) groups excluding carboxylic acids is 1. The molecular formula is C26H24F9NO3. The van der Waals surface area contributed by atoms with Gasteiger partial charge in [-0.25, -0.2) is 4.79 Å². The predicted molar refractivity (Wildman–Crippen MR) is 119 cm³/mol. The number of hydrogen-bond donors (Lipinski definition) is 0. The maximum absolute atomic E-state index is 13.5. The Hall–Kier alpha value is -2.96. The highest BCUT2D eigenvalue weighted by Crippen LogP contribution is 2.44. The molecule has 0 spiro atoms. The van der Waals surface area contributed by atoms with E-state index in [0.29, 0.717) is 17.7 Å². The summed E-state index contributed by atoms with van der Waals surface area (Å²) in [6, 6.07) is 2.85. The van der Waals surface area contributed by atoms with E-state index in [4.69, 9.17) is 9.47 Å². The number of hydrogen-bond acceptors (Lipinski definition) is 3. The Morgan fingerprint density at radius 2 is 1.46 bits per heavy atom. The monoisotopic (exact) mass is 569 g/mol. The van der Waals surface area contributed by atoms with E-state index in [1.54, 1.807) is 0 Å². The second-order valence-corrected chi connectivity index (χ2v) is 9.77. The number of carbonyl (C=O) groups is 1. The zero-order valence-corrected chi connectivity index (χ0v) is 20.7. The third kappa shape index (κ3) is 5.97. The van der Waals surface area contributed by atoms with Gasteiger partial charge in [-0.2, -0.15) is 39.5 Å². The van der Waals surface area contributed by atoms with Gasteiger partial charge in [-0.05, 0) is 72.7 Å². The first-order valence-corrected chi connectivity index (χ1v) is 12.0. The SMILES string of the molecule is COC(c1ccc(C(F)(F)F)cc1CN1C(=O)O[C@H](c2cc(C(F)(F)F)cc(C(F)(F)F)c2)[C@@H]1C)C1CCC1. The first kappa shape index (κ1) is 29.0. The minimum atomic E-state index is -5.11. The highest BCUT2D eigenvalue weighted by atomic mass is 19.4.